The molecule has 0 spiro atoms. The monoisotopic (exact) mass is 300 g/mol. The molecule has 0 aliphatic heterocycles. The average Bonchev–Trinajstić information content (AvgIpc) is 2.47. The summed E-state index contributed by atoms with van der Waals surface area (Å²) in [4.78, 5) is 0. The van der Waals surface area contributed by atoms with Crippen LogP contribution in [0.2, 0.25) is 12.1 Å². The number of aliphatic hydroxyl groups excluding tert-OH is 1. The van der Waals surface area contributed by atoms with Crippen molar-refractivity contribution in [3.63, 3.8) is 0 Å². The summed E-state index contributed by atoms with van der Waals surface area (Å²) in [5.41, 5.74) is 0. The van der Waals surface area contributed by atoms with Crippen molar-refractivity contribution in [2.45, 2.75) is 109 Å². The maximum atomic E-state index is 8.69. The van der Waals surface area contributed by atoms with Crippen molar-refractivity contribution in [1.82, 2.24) is 0 Å². The Labute approximate surface area is 130 Å². The highest BCUT2D eigenvalue weighted by atomic mass is 28.2. The van der Waals surface area contributed by atoms with E-state index >= 15 is 0 Å². The number of hydrogen-bond acceptors (Lipinski definition) is 1. The van der Waals surface area contributed by atoms with Gasteiger partial charge in [0.05, 0.1) is 0 Å². The largest absolute Gasteiger partial charge is 0.396 e. The fourth-order valence-corrected chi connectivity index (χ4v) is 4.60. The van der Waals surface area contributed by atoms with Gasteiger partial charge in [0, 0.05) is 16.1 Å². The van der Waals surface area contributed by atoms with Crippen LogP contribution in [-0.4, -0.2) is 21.2 Å². The van der Waals surface area contributed by atoms with Crippen molar-refractivity contribution in [3.05, 3.63) is 0 Å². The molecule has 1 N–H and O–H groups in total. The molecule has 0 atom stereocenters. The van der Waals surface area contributed by atoms with Crippen LogP contribution in [0.4, 0.5) is 0 Å². The third kappa shape index (κ3) is 18.2. The summed E-state index contributed by atoms with van der Waals surface area (Å²) < 4.78 is 0. The zero-order valence-corrected chi connectivity index (χ0v) is 15.6. The summed E-state index contributed by atoms with van der Waals surface area (Å²) in [5, 5.41) is 8.69. The van der Waals surface area contributed by atoms with Crippen LogP contribution >= 0.6 is 0 Å². The van der Waals surface area contributed by atoms with E-state index in [-0.39, 0.29) is 0 Å². The van der Waals surface area contributed by atoms with E-state index in [9.17, 15) is 0 Å². The molecule has 0 aliphatic rings. The Morgan fingerprint density at radius 1 is 0.550 bits per heavy atom. The van der Waals surface area contributed by atoms with Gasteiger partial charge in [0.1, 0.15) is 0 Å². The molecule has 0 amide bonds. The highest BCUT2D eigenvalue weighted by molar-refractivity contribution is 6.35. The topological polar surface area (TPSA) is 20.2 Å². The fraction of sp³-hybridized carbons (Fsp3) is 1.00. The summed E-state index contributed by atoms with van der Waals surface area (Å²) in [5.74, 6) is 0. The Morgan fingerprint density at radius 2 is 0.950 bits per heavy atom. The van der Waals surface area contributed by atoms with Crippen molar-refractivity contribution in [3.8, 4) is 0 Å². The second kappa shape index (κ2) is 19.2. The summed E-state index contributed by atoms with van der Waals surface area (Å²) in [7, 11) is 0.293. The van der Waals surface area contributed by atoms with Gasteiger partial charge in [-0.25, -0.2) is 0 Å². The van der Waals surface area contributed by atoms with E-state index in [4.69, 9.17) is 5.11 Å². The van der Waals surface area contributed by atoms with E-state index in [0.29, 0.717) is 16.1 Å². The average molecular weight is 301 g/mol. The molecule has 0 unspecified atom stereocenters. The third-order valence-corrected chi connectivity index (χ3v) is 6.26. The Morgan fingerprint density at radius 3 is 1.40 bits per heavy atom. The first-order valence-electron chi connectivity index (χ1n) is 9.52. The molecule has 20 heavy (non-hydrogen) atoms. The molecule has 0 aromatic heterocycles. The molecular weight excluding hydrogens is 260 g/mol. The van der Waals surface area contributed by atoms with Gasteiger partial charge in [-0.3, -0.25) is 0 Å². The second-order valence-electron chi connectivity index (χ2n) is 6.38. The molecule has 0 heterocycles. The molecular formula is C18H40OSi. The van der Waals surface area contributed by atoms with Crippen LogP contribution in [0, 0.1) is 0 Å². The molecule has 0 fully saturated rings. The van der Waals surface area contributed by atoms with E-state index in [1.165, 1.54) is 83.5 Å². The molecule has 122 valence electrons. The third-order valence-electron chi connectivity index (χ3n) is 4.26. The van der Waals surface area contributed by atoms with Crippen molar-refractivity contribution < 1.29 is 5.11 Å². The standard InChI is InChI=1S/C18H40OSi/c1-2-3-4-5-11-14-17-20-18-15-12-9-7-6-8-10-13-16-19/h19H,2-18,20H2,1H3. The van der Waals surface area contributed by atoms with Crippen LogP contribution < -0.4 is 0 Å². The van der Waals surface area contributed by atoms with Crippen LogP contribution in [0.3, 0.4) is 0 Å². The lowest BCUT2D eigenvalue weighted by atomic mass is 10.1. The van der Waals surface area contributed by atoms with Gasteiger partial charge in [-0.15, -0.1) is 0 Å². The van der Waals surface area contributed by atoms with E-state index in [1.807, 2.05) is 0 Å². The minimum Gasteiger partial charge on any atom is -0.396 e. The van der Waals surface area contributed by atoms with E-state index in [2.05, 4.69) is 6.92 Å². The van der Waals surface area contributed by atoms with Crippen LogP contribution in [0.5, 0.6) is 0 Å². The minimum absolute atomic E-state index is 0.293. The number of hydrogen-bond donors (Lipinski definition) is 1. The molecule has 0 radical (unpaired) electrons. The van der Waals surface area contributed by atoms with Crippen molar-refractivity contribution in [2.75, 3.05) is 6.61 Å². The highest BCUT2D eigenvalue weighted by Crippen LogP contribution is 2.11. The van der Waals surface area contributed by atoms with E-state index in [0.717, 1.165) is 6.42 Å². The first-order valence-corrected chi connectivity index (χ1v) is 11.5. The van der Waals surface area contributed by atoms with Gasteiger partial charge in [0.15, 0.2) is 0 Å². The summed E-state index contributed by atoms with van der Waals surface area (Å²) in [6.45, 7) is 2.67. The van der Waals surface area contributed by atoms with Crippen molar-refractivity contribution in [1.29, 1.82) is 0 Å². The van der Waals surface area contributed by atoms with Crippen LogP contribution in [0.1, 0.15) is 96.8 Å². The van der Waals surface area contributed by atoms with Gasteiger partial charge in [-0.05, 0) is 6.42 Å². The first kappa shape index (κ1) is 20.2. The van der Waals surface area contributed by atoms with Gasteiger partial charge in [-0.2, -0.15) is 0 Å². The molecule has 0 aromatic carbocycles. The quantitative estimate of drug-likeness (QED) is 0.279. The predicted molar refractivity (Wildman–Crippen MR) is 95.6 cm³/mol. The molecule has 0 bridgehead atoms. The summed E-state index contributed by atoms with van der Waals surface area (Å²) >= 11 is 0. The number of rotatable bonds is 17. The predicted octanol–water partition coefficient (Wildman–Crippen LogP) is 5.47. The van der Waals surface area contributed by atoms with Gasteiger partial charge in [0.25, 0.3) is 0 Å². The van der Waals surface area contributed by atoms with E-state index in [1.54, 1.807) is 12.1 Å². The molecule has 2 heteroatoms. The van der Waals surface area contributed by atoms with Crippen LogP contribution in [-0.2, 0) is 0 Å². The zero-order chi connectivity index (χ0) is 14.7. The maximum absolute atomic E-state index is 8.69. The zero-order valence-electron chi connectivity index (χ0n) is 14.2. The highest BCUT2D eigenvalue weighted by Gasteiger charge is 1.94. The lowest BCUT2D eigenvalue weighted by Crippen LogP contribution is -1.90. The maximum Gasteiger partial charge on any atom is 0.0431 e. The number of unbranched alkanes of at least 4 members (excludes halogenated alkanes) is 12. The normalized spacial score (nSPS) is 11.7. The fourth-order valence-electron chi connectivity index (χ4n) is 2.84. The molecule has 0 saturated carbocycles. The lowest BCUT2D eigenvalue weighted by molar-refractivity contribution is 0.282. The SMILES string of the molecule is CCCCCCCC[SiH2]CCCCCCCCCCO. The summed E-state index contributed by atoms with van der Waals surface area (Å²) in [6, 6.07) is 3.20. The first-order chi connectivity index (χ1) is 9.91. The van der Waals surface area contributed by atoms with Gasteiger partial charge in [-0.1, -0.05) is 102 Å². The van der Waals surface area contributed by atoms with Crippen LogP contribution in [0.15, 0.2) is 0 Å². The van der Waals surface area contributed by atoms with Crippen molar-refractivity contribution in [2.24, 2.45) is 0 Å². The van der Waals surface area contributed by atoms with Crippen LogP contribution in [0.25, 0.3) is 0 Å². The smallest absolute Gasteiger partial charge is 0.0431 e. The molecule has 0 rings (SSSR count). The number of aliphatic hydroxyl groups is 1. The Balaban J connectivity index is 2.89. The lowest BCUT2D eigenvalue weighted by Gasteiger charge is -2.03. The van der Waals surface area contributed by atoms with Gasteiger partial charge < -0.3 is 5.11 Å². The molecule has 1 nitrogen and oxygen atoms in total. The Hall–Kier alpha value is 0.177. The molecule has 0 aromatic rings. The second-order valence-corrected chi connectivity index (χ2v) is 8.50. The molecule has 0 aliphatic carbocycles. The minimum atomic E-state index is 0.293. The Kier molecular flexibility index (Phi) is 19.3. The van der Waals surface area contributed by atoms with E-state index < -0.39 is 0 Å². The molecule has 0 saturated heterocycles. The summed E-state index contributed by atoms with van der Waals surface area (Å²) in [6.07, 6.45) is 19.6. The van der Waals surface area contributed by atoms with Crippen molar-refractivity contribution >= 4 is 9.52 Å². The Bertz CT molecular complexity index is 143. The van der Waals surface area contributed by atoms with Gasteiger partial charge >= 0.3 is 0 Å². The van der Waals surface area contributed by atoms with Gasteiger partial charge in [0.2, 0.25) is 0 Å².